The summed E-state index contributed by atoms with van der Waals surface area (Å²) in [4.78, 5) is 14.6. The van der Waals surface area contributed by atoms with Crippen molar-refractivity contribution in [2.45, 2.75) is 13.2 Å². The zero-order valence-corrected chi connectivity index (χ0v) is 10.1. The molecule has 2 aromatic rings. The quantitative estimate of drug-likeness (QED) is 0.883. The van der Waals surface area contributed by atoms with Crippen molar-refractivity contribution in [3.05, 3.63) is 53.3 Å². The molecule has 2 N–H and O–H groups in total. The molecule has 0 radical (unpaired) electrons. The lowest BCUT2D eigenvalue weighted by Crippen LogP contribution is -2.01. The van der Waals surface area contributed by atoms with E-state index in [1.165, 1.54) is 17.8 Å². The molecule has 0 saturated carbocycles. The van der Waals surface area contributed by atoms with Gasteiger partial charge in [-0.15, -0.1) is 0 Å². The molecule has 1 aromatic carbocycles. The van der Waals surface area contributed by atoms with Crippen LogP contribution < -0.4 is 5.32 Å². The summed E-state index contributed by atoms with van der Waals surface area (Å²) in [5.41, 5.74) is 4.00. The number of nitrogens with one attached hydrogen (secondary N) is 1. The highest BCUT2D eigenvalue weighted by atomic mass is 16.5. The van der Waals surface area contributed by atoms with Gasteiger partial charge in [-0.2, -0.15) is 0 Å². The maximum Gasteiger partial charge on any atom is 0.354 e. The Morgan fingerprint density at radius 1 is 1.16 bits per heavy atom. The van der Waals surface area contributed by atoms with Crippen molar-refractivity contribution >= 4 is 17.3 Å². The molecule has 0 aliphatic carbocycles. The first-order chi connectivity index (χ1) is 9.22. The SMILES string of the molecule is O=C(O)c1cc(Nc2ccc3c(c2)COC3)ccn1. The van der Waals surface area contributed by atoms with Crippen molar-refractivity contribution in [2.24, 2.45) is 0 Å². The number of pyridine rings is 1. The molecule has 0 bridgehead atoms. The van der Waals surface area contributed by atoms with E-state index in [2.05, 4.69) is 10.3 Å². The number of nitrogens with zero attached hydrogens (tertiary/aromatic N) is 1. The topological polar surface area (TPSA) is 71.5 Å². The molecule has 3 rings (SSSR count). The number of rotatable bonds is 3. The van der Waals surface area contributed by atoms with Crippen molar-refractivity contribution in [2.75, 3.05) is 5.32 Å². The maximum atomic E-state index is 10.9. The highest BCUT2D eigenvalue weighted by molar-refractivity contribution is 5.86. The summed E-state index contributed by atoms with van der Waals surface area (Å²) < 4.78 is 5.36. The molecule has 0 saturated heterocycles. The van der Waals surface area contributed by atoms with Crippen LogP contribution in [-0.2, 0) is 18.0 Å². The zero-order chi connectivity index (χ0) is 13.2. The van der Waals surface area contributed by atoms with Gasteiger partial charge in [0.15, 0.2) is 0 Å². The minimum Gasteiger partial charge on any atom is -0.477 e. The van der Waals surface area contributed by atoms with E-state index in [9.17, 15) is 4.79 Å². The summed E-state index contributed by atoms with van der Waals surface area (Å²) in [6, 6.07) is 9.23. The summed E-state index contributed by atoms with van der Waals surface area (Å²) in [7, 11) is 0. The number of fused-ring (bicyclic) bond motifs is 1. The van der Waals surface area contributed by atoms with Crippen LogP contribution in [0.5, 0.6) is 0 Å². The monoisotopic (exact) mass is 256 g/mol. The Bertz CT molecular complexity index is 640. The molecule has 0 fully saturated rings. The second-order valence-corrected chi connectivity index (χ2v) is 4.34. The number of hydrogen-bond donors (Lipinski definition) is 2. The third kappa shape index (κ3) is 2.41. The molecule has 0 unspecified atom stereocenters. The molecular weight excluding hydrogens is 244 g/mol. The van der Waals surface area contributed by atoms with Gasteiger partial charge >= 0.3 is 5.97 Å². The first kappa shape index (κ1) is 11.7. The lowest BCUT2D eigenvalue weighted by molar-refractivity contribution is 0.0690. The third-order valence-electron chi connectivity index (χ3n) is 2.99. The van der Waals surface area contributed by atoms with Crippen molar-refractivity contribution in [1.82, 2.24) is 4.98 Å². The van der Waals surface area contributed by atoms with Gasteiger partial charge in [0.05, 0.1) is 13.2 Å². The van der Waals surface area contributed by atoms with Crippen molar-refractivity contribution in [1.29, 1.82) is 0 Å². The average molecular weight is 256 g/mol. The molecule has 1 aliphatic heterocycles. The predicted octanol–water partition coefficient (Wildman–Crippen LogP) is 2.55. The summed E-state index contributed by atoms with van der Waals surface area (Å²) in [5, 5.41) is 12.1. The lowest BCUT2D eigenvalue weighted by Gasteiger charge is -2.08. The number of hydrogen-bond acceptors (Lipinski definition) is 4. The van der Waals surface area contributed by atoms with Crippen LogP contribution in [0, 0.1) is 0 Å². The van der Waals surface area contributed by atoms with Gasteiger partial charge in [0, 0.05) is 17.6 Å². The van der Waals surface area contributed by atoms with E-state index < -0.39 is 5.97 Å². The normalized spacial score (nSPS) is 13.1. The summed E-state index contributed by atoms with van der Waals surface area (Å²) in [6.45, 7) is 1.29. The van der Waals surface area contributed by atoms with Gasteiger partial charge in [-0.05, 0) is 35.4 Å². The fraction of sp³-hybridized carbons (Fsp3) is 0.143. The second-order valence-electron chi connectivity index (χ2n) is 4.34. The van der Waals surface area contributed by atoms with Gasteiger partial charge in [0.1, 0.15) is 5.69 Å². The Balaban J connectivity index is 1.85. The average Bonchev–Trinajstić information content (AvgIpc) is 2.86. The number of aromatic nitrogens is 1. The largest absolute Gasteiger partial charge is 0.477 e. The summed E-state index contributed by atoms with van der Waals surface area (Å²) in [6.07, 6.45) is 1.47. The number of anilines is 2. The molecule has 96 valence electrons. The van der Waals surface area contributed by atoms with Gasteiger partial charge in [0.25, 0.3) is 0 Å². The van der Waals surface area contributed by atoms with Crippen molar-refractivity contribution < 1.29 is 14.6 Å². The molecule has 0 spiro atoms. The number of aromatic carboxylic acids is 1. The van der Waals surface area contributed by atoms with E-state index >= 15 is 0 Å². The van der Waals surface area contributed by atoms with Crippen LogP contribution in [0.25, 0.3) is 0 Å². The molecule has 1 aliphatic rings. The number of carbonyl (C=O) groups is 1. The molecule has 0 amide bonds. The van der Waals surface area contributed by atoms with Crippen molar-refractivity contribution in [3.8, 4) is 0 Å². The van der Waals surface area contributed by atoms with Crippen molar-refractivity contribution in [3.63, 3.8) is 0 Å². The first-order valence-electron chi connectivity index (χ1n) is 5.88. The van der Waals surface area contributed by atoms with E-state index in [0.29, 0.717) is 18.9 Å². The van der Waals surface area contributed by atoms with E-state index in [4.69, 9.17) is 9.84 Å². The minimum absolute atomic E-state index is 0.0227. The molecule has 2 heterocycles. The van der Waals surface area contributed by atoms with Gasteiger partial charge in [-0.25, -0.2) is 9.78 Å². The molecule has 0 atom stereocenters. The van der Waals surface area contributed by atoms with Gasteiger partial charge in [-0.3, -0.25) is 0 Å². The highest BCUT2D eigenvalue weighted by Crippen LogP contribution is 2.25. The van der Waals surface area contributed by atoms with Crippen LogP contribution in [0.15, 0.2) is 36.5 Å². The van der Waals surface area contributed by atoms with Crippen LogP contribution in [0.3, 0.4) is 0 Å². The molecule has 1 aromatic heterocycles. The van der Waals surface area contributed by atoms with Crippen LogP contribution in [-0.4, -0.2) is 16.1 Å². The number of carboxylic acids is 1. The number of benzene rings is 1. The van der Waals surface area contributed by atoms with Gasteiger partial charge in [0.2, 0.25) is 0 Å². The Morgan fingerprint density at radius 3 is 2.79 bits per heavy atom. The fourth-order valence-corrected chi connectivity index (χ4v) is 2.04. The molecule has 19 heavy (non-hydrogen) atoms. The Kier molecular flexibility index (Phi) is 2.89. The van der Waals surface area contributed by atoms with E-state index in [1.54, 1.807) is 6.07 Å². The second kappa shape index (κ2) is 4.70. The Morgan fingerprint density at radius 2 is 1.95 bits per heavy atom. The lowest BCUT2D eigenvalue weighted by atomic mass is 10.1. The van der Waals surface area contributed by atoms with E-state index in [-0.39, 0.29) is 5.69 Å². The number of carboxylic acid groups (broad SMARTS) is 1. The van der Waals surface area contributed by atoms with E-state index in [0.717, 1.165) is 11.3 Å². The van der Waals surface area contributed by atoms with Crippen LogP contribution in [0.1, 0.15) is 21.6 Å². The number of ether oxygens (including phenoxy) is 1. The van der Waals surface area contributed by atoms with Gasteiger partial charge < -0.3 is 15.2 Å². The molecule has 5 nitrogen and oxygen atoms in total. The summed E-state index contributed by atoms with van der Waals surface area (Å²) >= 11 is 0. The minimum atomic E-state index is -1.04. The predicted molar refractivity (Wildman–Crippen MR) is 69.4 cm³/mol. The van der Waals surface area contributed by atoms with Crippen LogP contribution in [0.4, 0.5) is 11.4 Å². The Hall–Kier alpha value is -2.40. The zero-order valence-electron chi connectivity index (χ0n) is 10.1. The fourth-order valence-electron chi connectivity index (χ4n) is 2.04. The molecular formula is C14H12N2O3. The first-order valence-corrected chi connectivity index (χ1v) is 5.88. The molecule has 5 heteroatoms. The standard InChI is InChI=1S/C14H12N2O3/c17-14(18)13-6-12(3-4-15-13)16-11-2-1-9-7-19-8-10(9)5-11/h1-6H,7-8H2,(H,15,16)(H,17,18). The highest BCUT2D eigenvalue weighted by Gasteiger charge is 2.11. The van der Waals surface area contributed by atoms with Crippen LogP contribution in [0.2, 0.25) is 0 Å². The van der Waals surface area contributed by atoms with Crippen LogP contribution >= 0.6 is 0 Å². The summed E-state index contributed by atoms with van der Waals surface area (Å²) in [5.74, 6) is -1.04. The maximum absolute atomic E-state index is 10.9. The van der Waals surface area contributed by atoms with Gasteiger partial charge in [-0.1, -0.05) is 6.07 Å². The smallest absolute Gasteiger partial charge is 0.354 e. The Labute approximate surface area is 109 Å². The van der Waals surface area contributed by atoms with E-state index in [1.807, 2.05) is 18.2 Å². The third-order valence-corrected chi connectivity index (χ3v) is 2.99.